The Bertz CT molecular complexity index is 1220. The molecule has 0 radical (unpaired) electrons. The van der Waals surface area contributed by atoms with Crippen LogP contribution in [0.2, 0.25) is 0 Å². The smallest absolute Gasteiger partial charge is 0.407 e. The van der Waals surface area contributed by atoms with Crippen LogP contribution in [-0.4, -0.2) is 41.5 Å². The Morgan fingerprint density at radius 3 is 2.18 bits per heavy atom. The lowest BCUT2D eigenvalue weighted by Crippen LogP contribution is -2.43. The second kappa shape index (κ2) is 9.88. The van der Waals surface area contributed by atoms with Gasteiger partial charge in [-0.15, -0.1) is 11.8 Å². The van der Waals surface area contributed by atoms with Crippen molar-refractivity contribution in [3.63, 3.8) is 0 Å². The number of rotatable bonds is 8. The lowest BCUT2D eigenvalue weighted by atomic mass is 9.98. The van der Waals surface area contributed by atoms with E-state index in [1.54, 1.807) is 6.07 Å². The minimum absolute atomic E-state index is 0.0135. The summed E-state index contributed by atoms with van der Waals surface area (Å²) in [6.45, 7) is 0.0842. The first-order valence-electron chi connectivity index (χ1n) is 10.5. The lowest BCUT2D eigenvalue weighted by molar-refractivity contribution is -0.138. The number of nitrogen functional groups attached to an aromatic ring is 1. The van der Waals surface area contributed by atoms with E-state index < -0.39 is 24.0 Å². The van der Waals surface area contributed by atoms with Crippen molar-refractivity contribution in [2.24, 2.45) is 5.73 Å². The van der Waals surface area contributed by atoms with Crippen molar-refractivity contribution in [1.29, 1.82) is 0 Å². The van der Waals surface area contributed by atoms with Crippen molar-refractivity contribution < 1.29 is 24.2 Å². The number of nitrogens with one attached hydrogen (secondary N) is 1. The quantitative estimate of drug-likeness (QED) is 0.287. The number of alkyl carbamates (subject to hydrolysis) is 1. The number of aliphatic carboxylic acids is 1. The first-order chi connectivity index (χ1) is 16.3. The Morgan fingerprint density at radius 2 is 1.62 bits per heavy atom. The van der Waals surface area contributed by atoms with Gasteiger partial charge in [-0.1, -0.05) is 48.5 Å². The number of amides is 2. The maximum atomic E-state index is 12.5. The predicted molar refractivity (Wildman–Crippen MR) is 130 cm³/mol. The number of carbonyl (C=O) groups is 3. The summed E-state index contributed by atoms with van der Waals surface area (Å²) in [5.74, 6) is -1.92. The SMILES string of the molecule is NC(=O)c1ccc(SC[C@@H](NC(=O)OCC2c3ccccc3-c3ccccc32)C(=O)O)c(N)c1. The van der Waals surface area contributed by atoms with Gasteiger partial charge in [-0.05, 0) is 40.5 Å². The molecule has 0 spiro atoms. The van der Waals surface area contributed by atoms with E-state index in [2.05, 4.69) is 5.32 Å². The fraction of sp³-hybridized carbons (Fsp3) is 0.160. The molecule has 8 nitrogen and oxygen atoms in total. The molecule has 3 aromatic carbocycles. The van der Waals surface area contributed by atoms with Gasteiger partial charge in [0.25, 0.3) is 0 Å². The Hall–Kier alpha value is -3.98. The van der Waals surface area contributed by atoms with Crippen LogP contribution in [0, 0.1) is 0 Å². The molecule has 1 aliphatic rings. The summed E-state index contributed by atoms with van der Waals surface area (Å²) < 4.78 is 5.44. The van der Waals surface area contributed by atoms with Crippen LogP contribution in [0.15, 0.2) is 71.6 Å². The van der Waals surface area contributed by atoms with Crippen LogP contribution in [0.25, 0.3) is 11.1 Å². The number of hydrogen-bond donors (Lipinski definition) is 4. The second-order valence-electron chi connectivity index (χ2n) is 7.79. The Balaban J connectivity index is 1.38. The maximum Gasteiger partial charge on any atom is 0.407 e. The Labute approximate surface area is 200 Å². The predicted octanol–water partition coefficient (Wildman–Crippen LogP) is 3.45. The average Bonchev–Trinajstić information content (AvgIpc) is 3.14. The first-order valence-corrected chi connectivity index (χ1v) is 11.5. The minimum Gasteiger partial charge on any atom is -0.480 e. The molecule has 9 heteroatoms. The van der Waals surface area contributed by atoms with Crippen molar-refractivity contribution in [2.45, 2.75) is 16.9 Å². The van der Waals surface area contributed by atoms with E-state index in [0.717, 1.165) is 34.0 Å². The van der Waals surface area contributed by atoms with Crippen molar-refractivity contribution in [1.82, 2.24) is 5.32 Å². The molecule has 0 saturated carbocycles. The number of ether oxygens (including phenoxy) is 1. The summed E-state index contributed by atoms with van der Waals surface area (Å²) in [6, 6.07) is 19.2. The van der Waals surface area contributed by atoms with Crippen molar-refractivity contribution >= 4 is 35.4 Å². The molecular weight excluding hydrogens is 454 g/mol. The molecule has 0 heterocycles. The number of carboxylic acids is 1. The van der Waals surface area contributed by atoms with Gasteiger partial charge in [0.1, 0.15) is 12.6 Å². The maximum absolute atomic E-state index is 12.5. The third kappa shape index (κ3) is 4.84. The summed E-state index contributed by atoms with van der Waals surface area (Å²) in [4.78, 5) is 36.0. The van der Waals surface area contributed by atoms with E-state index in [9.17, 15) is 19.5 Å². The van der Waals surface area contributed by atoms with Crippen LogP contribution >= 0.6 is 11.8 Å². The highest BCUT2D eigenvalue weighted by atomic mass is 32.2. The number of carbonyl (C=O) groups excluding carboxylic acids is 2. The third-order valence-corrected chi connectivity index (χ3v) is 6.82. The zero-order valence-electron chi connectivity index (χ0n) is 18.1. The summed E-state index contributed by atoms with van der Waals surface area (Å²) in [6.07, 6.45) is -0.813. The Morgan fingerprint density at radius 1 is 1.00 bits per heavy atom. The number of primary amides is 1. The summed E-state index contributed by atoms with van der Waals surface area (Å²) in [5.41, 5.74) is 16.1. The highest BCUT2D eigenvalue weighted by Crippen LogP contribution is 2.44. The number of anilines is 1. The molecule has 4 rings (SSSR count). The molecule has 0 aliphatic heterocycles. The molecule has 174 valence electrons. The molecule has 2 amide bonds. The van der Waals surface area contributed by atoms with Crippen LogP contribution in [0.3, 0.4) is 0 Å². The van der Waals surface area contributed by atoms with E-state index >= 15 is 0 Å². The van der Waals surface area contributed by atoms with Crippen LogP contribution in [0.4, 0.5) is 10.5 Å². The number of hydrogen-bond acceptors (Lipinski definition) is 6. The van der Waals surface area contributed by atoms with E-state index in [-0.39, 0.29) is 23.8 Å². The van der Waals surface area contributed by atoms with Crippen LogP contribution in [0.1, 0.15) is 27.4 Å². The molecule has 0 aromatic heterocycles. The molecule has 0 fully saturated rings. The van der Waals surface area contributed by atoms with Gasteiger partial charge in [0.05, 0.1) is 0 Å². The number of benzene rings is 3. The Kier molecular flexibility index (Phi) is 6.74. The summed E-state index contributed by atoms with van der Waals surface area (Å²) in [7, 11) is 0. The summed E-state index contributed by atoms with van der Waals surface area (Å²) in [5, 5.41) is 12.0. The van der Waals surface area contributed by atoms with E-state index in [0.29, 0.717) is 10.6 Å². The van der Waals surface area contributed by atoms with Gasteiger partial charge < -0.3 is 26.6 Å². The standard InChI is InChI=1S/C25H23N3O5S/c26-20-11-14(23(27)29)9-10-22(20)34-13-21(24(30)31)28-25(32)33-12-19-17-7-3-1-5-15(17)16-6-2-4-8-18(16)19/h1-11,19,21H,12-13,26H2,(H2,27,29)(H,28,32)(H,30,31)/t21-/m1/s1. The topological polar surface area (TPSA) is 145 Å². The van der Waals surface area contributed by atoms with Crippen LogP contribution in [0.5, 0.6) is 0 Å². The average molecular weight is 478 g/mol. The van der Waals surface area contributed by atoms with E-state index in [4.69, 9.17) is 16.2 Å². The largest absolute Gasteiger partial charge is 0.480 e. The zero-order valence-corrected chi connectivity index (χ0v) is 18.9. The van der Waals surface area contributed by atoms with Gasteiger partial charge in [0.15, 0.2) is 0 Å². The molecule has 34 heavy (non-hydrogen) atoms. The minimum atomic E-state index is -1.20. The molecule has 1 atom stereocenters. The molecule has 0 bridgehead atoms. The van der Waals surface area contributed by atoms with Crippen LogP contribution < -0.4 is 16.8 Å². The highest BCUT2D eigenvalue weighted by Gasteiger charge is 2.29. The highest BCUT2D eigenvalue weighted by molar-refractivity contribution is 7.99. The summed E-state index contributed by atoms with van der Waals surface area (Å²) >= 11 is 1.14. The van der Waals surface area contributed by atoms with Gasteiger partial charge in [-0.3, -0.25) is 4.79 Å². The monoisotopic (exact) mass is 477 g/mol. The normalized spacial score (nSPS) is 12.9. The van der Waals surface area contributed by atoms with Crippen molar-refractivity contribution in [3.8, 4) is 11.1 Å². The van der Waals surface area contributed by atoms with Crippen LogP contribution in [-0.2, 0) is 9.53 Å². The number of thioether (sulfide) groups is 1. The van der Waals surface area contributed by atoms with Gasteiger partial charge in [-0.25, -0.2) is 9.59 Å². The molecule has 3 aromatic rings. The number of fused-ring (bicyclic) bond motifs is 3. The molecular formula is C25H23N3O5S. The van der Waals surface area contributed by atoms with Gasteiger partial charge in [0.2, 0.25) is 5.91 Å². The molecule has 0 saturated heterocycles. The number of nitrogens with two attached hydrogens (primary N) is 2. The van der Waals surface area contributed by atoms with E-state index in [1.807, 2.05) is 48.5 Å². The van der Waals surface area contributed by atoms with Crippen molar-refractivity contribution in [2.75, 3.05) is 18.1 Å². The second-order valence-corrected chi connectivity index (χ2v) is 8.85. The fourth-order valence-corrected chi connectivity index (χ4v) is 4.93. The van der Waals surface area contributed by atoms with Crippen molar-refractivity contribution in [3.05, 3.63) is 83.4 Å². The zero-order chi connectivity index (χ0) is 24.2. The number of carboxylic acid groups (broad SMARTS) is 1. The molecule has 6 N–H and O–H groups in total. The first kappa shape index (κ1) is 23.2. The molecule has 1 aliphatic carbocycles. The van der Waals surface area contributed by atoms with E-state index in [1.165, 1.54) is 12.1 Å². The van der Waals surface area contributed by atoms with Gasteiger partial charge >= 0.3 is 12.1 Å². The molecule has 0 unspecified atom stereocenters. The third-order valence-electron chi connectivity index (χ3n) is 5.63. The van der Waals surface area contributed by atoms with Gasteiger partial charge in [-0.2, -0.15) is 0 Å². The fourth-order valence-electron chi connectivity index (χ4n) is 3.96. The van der Waals surface area contributed by atoms with Gasteiger partial charge in [0, 0.05) is 27.8 Å². The lowest BCUT2D eigenvalue weighted by Gasteiger charge is -2.17.